The van der Waals surface area contributed by atoms with Gasteiger partial charge in [0.25, 0.3) is 5.91 Å². The summed E-state index contributed by atoms with van der Waals surface area (Å²) >= 11 is 11.9. The molecule has 1 aromatic rings. The van der Waals surface area contributed by atoms with E-state index in [1.807, 2.05) is 0 Å². The summed E-state index contributed by atoms with van der Waals surface area (Å²) in [6, 6.07) is 5.27. The van der Waals surface area contributed by atoms with Crippen LogP contribution in [0.4, 0.5) is 0 Å². The molecule has 0 aliphatic heterocycles. The Morgan fingerprint density at radius 2 is 1.74 bits per heavy atom. The fourth-order valence-corrected chi connectivity index (χ4v) is 5.84. The Bertz CT molecular complexity index is 749. The van der Waals surface area contributed by atoms with Crippen molar-refractivity contribution in [1.82, 2.24) is 5.32 Å². The lowest BCUT2D eigenvalue weighted by atomic mass is 9.54. The molecule has 0 radical (unpaired) electrons. The number of benzene rings is 1. The van der Waals surface area contributed by atoms with Crippen LogP contribution in [0.25, 0.3) is 6.08 Å². The van der Waals surface area contributed by atoms with Gasteiger partial charge in [0.15, 0.2) is 6.61 Å². The molecular weight excluding hydrogens is 385 g/mol. The number of amides is 1. The summed E-state index contributed by atoms with van der Waals surface area (Å²) in [5.41, 5.74) is 0.663. The largest absolute Gasteiger partial charge is 0.452 e. The van der Waals surface area contributed by atoms with Gasteiger partial charge in [-0.1, -0.05) is 29.3 Å². The molecule has 6 heteroatoms. The number of carbonyl (C=O) groups excluding carboxylic acids is 2. The van der Waals surface area contributed by atoms with E-state index < -0.39 is 5.97 Å². The first kappa shape index (κ1) is 18.8. The third-order valence-electron chi connectivity index (χ3n) is 6.26. The van der Waals surface area contributed by atoms with Crippen LogP contribution in [0.15, 0.2) is 24.3 Å². The van der Waals surface area contributed by atoms with Crippen molar-refractivity contribution in [3.8, 4) is 0 Å². The lowest BCUT2D eigenvalue weighted by Gasteiger charge is -2.54. The number of carbonyl (C=O) groups is 2. The average molecular weight is 408 g/mol. The molecule has 1 aromatic carbocycles. The minimum atomic E-state index is -0.568. The fourth-order valence-electron chi connectivity index (χ4n) is 5.37. The van der Waals surface area contributed by atoms with E-state index in [4.69, 9.17) is 27.9 Å². The highest BCUT2D eigenvalue weighted by Gasteiger charge is 2.48. The molecular formula is C21H23Cl2NO3. The molecule has 4 bridgehead atoms. The van der Waals surface area contributed by atoms with E-state index in [0.29, 0.717) is 27.4 Å². The quantitative estimate of drug-likeness (QED) is 0.577. The summed E-state index contributed by atoms with van der Waals surface area (Å²) in [4.78, 5) is 24.1. The van der Waals surface area contributed by atoms with Gasteiger partial charge in [-0.25, -0.2) is 4.79 Å². The van der Waals surface area contributed by atoms with E-state index in [0.717, 1.165) is 11.8 Å². The van der Waals surface area contributed by atoms with Gasteiger partial charge in [0.2, 0.25) is 0 Å². The molecule has 144 valence electrons. The van der Waals surface area contributed by atoms with Gasteiger partial charge in [0, 0.05) is 22.2 Å². The maximum atomic E-state index is 12.3. The van der Waals surface area contributed by atoms with Gasteiger partial charge in [-0.05, 0) is 79.5 Å². The first-order chi connectivity index (χ1) is 13.0. The average Bonchev–Trinajstić information content (AvgIpc) is 2.61. The SMILES string of the molecule is O=C(COC(=O)C=Cc1ccc(Cl)cc1Cl)NC1C2CC3CC(C2)CC1C3. The van der Waals surface area contributed by atoms with Crippen molar-refractivity contribution in [1.29, 1.82) is 0 Å². The second-order valence-corrected chi connectivity index (χ2v) is 8.97. The summed E-state index contributed by atoms with van der Waals surface area (Å²) < 4.78 is 5.08. The van der Waals surface area contributed by atoms with E-state index in [1.54, 1.807) is 24.3 Å². The number of ether oxygens (including phenoxy) is 1. The Balaban J connectivity index is 1.25. The molecule has 0 aromatic heterocycles. The third-order valence-corrected chi connectivity index (χ3v) is 6.82. The second-order valence-electron chi connectivity index (χ2n) is 8.13. The van der Waals surface area contributed by atoms with Crippen molar-refractivity contribution in [3.05, 3.63) is 39.9 Å². The van der Waals surface area contributed by atoms with Gasteiger partial charge in [-0.2, -0.15) is 0 Å². The minimum Gasteiger partial charge on any atom is -0.452 e. The molecule has 0 atom stereocenters. The first-order valence-electron chi connectivity index (χ1n) is 9.57. The number of esters is 1. The predicted molar refractivity (Wildman–Crippen MR) is 105 cm³/mol. The maximum Gasteiger partial charge on any atom is 0.331 e. The van der Waals surface area contributed by atoms with Gasteiger partial charge in [-0.3, -0.25) is 4.79 Å². The molecule has 4 nitrogen and oxygen atoms in total. The Morgan fingerprint density at radius 3 is 2.37 bits per heavy atom. The molecule has 27 heavy (non-hydrogen) atoms. The number of nitrogens with one attached hydrogen (secondary N) is 1. The van der Waals surface area contributed by atoms with Gasteiger partial charge in [0.1, 0.15) is 0 Å². The summed E-state index contributed by atoms with van der Waals surface area (Å²) in [5, 5.41) is 4.11. The van der Waals surface area contributed by atoms with E-state index in [-0.39, 0.29) is 18.6 Å². The first-order valence-corrected chi connectivity index (χ1v) is 10.3. The topological polar surface area (TPSA) is 55.4 Å². The Hall–Kier alpha value is -1.52. The highest BCUT2D eigenvalue weighted by atomic mass is 35.5. The third kappa shape index (κ3) is 4.33. The van der Waals surface area contributed by atoms with E-state index in [2.05, 4.69) is 5.32 Å². The van der Waals surface area contributed by atoms with Crippen molar-refractivity contribution < 1.29 is 14.3 Å². The number of rotatable bonds is 5. The van der Waals surface area contributed by atoms with Crippen LogP contribution in [0.5, 0.6) is 0 Å². The van der Waals surface area contributed by atoms with E-state index in [1.165, 1.54) is 38.2 Å². The monoisotopic (exact) mass is 407 g/mol. The molecule has 0 heterocycles. The molecule has 0 saturated heterocycles. The zero-order valence-corrected chi connectivity index (χ0v) is 16.5. The van der Waals surface area contributed by atoms with Gasteiger partial charge >= 0.3 is 5.97 Å². The fraction of sp³-hybridized carbons (Fsp3) is 0.524. The van der Waals surface area contributed by atoms with Crippen LogP contribution in [0.1, 0.15) is 37.7 Å². The predicted octanol–water partition coefficient (Wildman–Crippen LogP) is 4.49. The molecule has 4 aliphatic carbocycles. The van der Waals surface area contributed by atoms with Crippen LogP contribution >= 0.6 is 23.2 Å². The number of halogens is 2. The van der Waals surface area contributed by atoms with Crippen molar-refractivity contribution in [2.24, 2.45) is 23.7 Å². The van der Waals surface area contributed by atoms with Crippen LogP contribution in [0.2, 0.25) is 10.0 Å². The highest BCUT2D eigenvalue weighted by Crippen LogP contribution is 2.53. The smallest absolute Gasteiger partial charge is 0.331 e. The number of hydrogen-bond donors (Lipinski definition) is 1. The highest BCUT2D eigenvalue weighted by molar-refractivity contribution is 6.35. The van der Waals surface area contributed by atoms with Crippen molar-refractivity contribution in [2.75, 3.05) is 6.61 Å². The van der Waals surface area contributed by atoms with Crippen molar-refractivity contribution in [3.63, 3.8) is 0 Å². The molecule has 4 fully saturated rings. The standard InChI is InChI=1S/C21H23Cl2NO3/c22-17-3-1-14(18(23)10-17)2-4-20(26)27-11-19(25)24-21-15-6-12-5-13(8-15)9-16(21)7-12/h1-4,10,12-13,15-16,21H,5-9,11H2,(H,24,25). The van der Waals surface area contributed by atoms with Crippen LogP contribution in [0, 0.1) is 23.7 Å². The lowest BCUT2D eigenvalue weighted by molar-refractivity contribution is -0.145. The summed E-state index contributed by atoms with van der Waals surface area (Å²) in [7, 11) is 0. The second kappa shape index (κ2) is 7.84. The van der Waals surface area contributed by atoms with E-state index >= 15 is 0 Å². The summed E-state index contributed by atoms with van der Waals surface area (Å²) in [5.74, 6) is 2.16. The Morgan fingerprint density at radius 1 is 1.07 bits per heavy atom. The lowest BCUT2D eigenvalue weighted by Crippen LogP contribution is -2.56. The van der Waals surface area contributed by atoms with Crippen LogP contribution < -0.4 is 5.32 Å². The van der Waals surface area contributed by atoms with Crippen molar-refractivity contribution >= 4 is 41.2 Å². The van der Waals surface area contributed by atoms with Crippen molar-refractivity contribution in [2.45, 2.75) is 38.1 Å². The Labute approximate surface area is 169 Å². The molecule has 1 N–H and O–H groups in total. The minimum absolute atomic E-state index is 0.209. The molecule has 1 amide bonds. The van der Waals surface area contributed by atoms with Crippen LogP contribution in [-0.4, -0.2) is 24.5 Å². The molecule has 4 aliphatic rings. The normalized spacial score (nSPS) is 31.3. The molecule has 0 spiro atoms. The van der Waals surface area contributed by atoms with Crippen LogP contribution in [-0.2, 0) is 14.3 Å². The number of hydrogen-bond acceptors (Lipinski definition) is 3. The van der Waals surface area contributed by atoms with Gasteiger partial charge < -0.3 is 10.1 Å². The van der Waals surface area contributed by atoms with Gasteiger partial charge in [0.05, 0.1) is 0 Å². The molecule has 0 unspecified atom stereocenters. The van der Waals surface area contributed by atoms with Gasteiger partial charge in [-0.15, -0.1) is 0 Å². The molecule has 4 saturated carbocycles. The summed E-state index contributed by atoms with van der Waals surface area (Å²) in [6.45, 7) is -0.250. The molecule has 5 rings (SSSR count). The van der Waals surface area contributed by atoms with Crippen LogP contribution in [0.3, 0.4) is 0 Å². The van der Waals surface area contributed by atoms with E-state index in [9.17, 15) is 9.59 Å². The zero-order valence-electron chi connectivity index (χ0n) is 15.0. The zero-order chi connectivity index (χ0) is 19.0. The summed E-state index contributed by atoms with van der Waals surface area (Å²) in [6.07, 6.45) is 9.16. The maximum absolute atomic E-state index is 12.3. The Kier molecular flexibility index (Phi) is 5.47.